The van der Waals surface area contributed by atoms with Crippen molar-refractivity contribution >= 4 is 15.9 Å². The molecule has 0 aromatic heterocycles. The van der Waals surface area contributed by atoms with Crippen LogP contribution in [0.15, 0.2) is 47.4 Å². The first-order valence-electron chi connectivity index (χ1n) is 9.34. The summed E-state index contributed by atoms with van der Waals surface area (Å²) in [5.41, 5.74) is 2.15. The number of para-hydroxylation sites is 1. The molecule has 3 rings (SSSR count). The van der Waals surface area contributed by atoms with Crippen molar-refractivity contribution in [2.75, 3.05) is 20.2 Å². The fourth-order valence-corrected chi connectivity index (χ4v) is 5.24. The number of amides is 1. The van der Waals surface area contributed by atoms with E-state index in [2.05, 4.69) is 5.32 Å². The minimum absolute atomic E-state index is 0.0672. The molecule has 1 fully saturated rings. The Bertz CT molecular complexity index is 964. The van der Waals surface area contributed by atoms with Crippen LogP contribution in [0, 0.1) is 13.8 Å². The van der Waals surface area contributed by atoms with Crippen LogP contribution in [0.3, 0.4) is 0 Å². The maximum atomic E-state index is 13.0. The highest BCUT2D eigenvalue weighted by Gasteiger charge is 2.31. The molecular formula is C21H26N2O4S. The van der Waals surface area contributed by atoms with Crippen LogP contribution in [-0.4, -0.2) is 44.9 Å². The minimum atomic E-state index is -3.53. The van der Waals surface area contributed by atoms with Gasteiger partial charge >= 0.3 is 0 Å². The quantitative estimate of drug-likeness (QED) is 0.834. The van der Waals surface area contributed by atoms with Crippen LogP contribution in [0.2, 0.25) is 0 Å². The Morgan fingerprint density at radius 1 is 1.11 bits per heavy atom. The van der Waals surface area contributed by atoms with E-state index in [0.717, 1.165) is 11.1 Å². The van der Waals surface area contributed by atoms with Crippen molar-refractivity contribution in [1.82, 2.24) is 9.62 Å². The molecule has 0 aliphatic carbocycles. The molecule has 1 heterocycles. The zero-order valence-corrected chi connectivity index (χ0v) is 17.3. The van der Waals surface area contributed by atoms with E-state index in [0.29, 0.717) is 42.1 Å². The minimum Gasteiger partial charge on any atom is -0.496 e. The van der Waals surface area contributed by atoms with E-state index >= 15 is 0 Å². The Balaban J connectivity index is 1.66. The fourth-order valence-electron chi connectivity index (χ4n) is 3.46. The fraction of sp³-hybridized carbons (Fsp3) is 0.381. The number of ether oxygens (including phenoxy) is 1. The maximum Gasteiger partial charge on any atom is 0.255 e. The van der Waals surface area contributed by atoms with Gasteiger partial charge in [-0.1, -0.05) is 24.3 Å². The summed E-state index contributed by atoms with van der Waals surface area (Å²) < 4.78 is 32.8. The number of sulfonamides is 1. The summed E-state index contributed by atoms with van der Waals surface area (Å²) in [6.45, 7) is 4.46. The van der Waals surface area contributed by atoms with Crippen molar-refractivity contribution in [3.05, 3.63) is 59.2 Å². The highest BCUT2D eigenvalue weighted by molar-refractivity contribution is 7.89. The molecular weight excluding hydrogens is 376 g/mol. The number of rotatable bonds is 5. The molecule has 0 saturated carbocycles. The third kappa shape index (κ3) is 4.20. The number of benzene rings is 2. The highest BCUT2D eigenvalue weighted by Crippen LogP contribution is 2.25. The number of nitrogens with zero attached hydrogens (tertiary/aromatic N) is 1. The van der Waals surface area contributed by atoms with Crippen molar-refractivity contribution in [3.63, 3.8) is 0 Å². The molecule has 0 radical (unpaired) electrons. The van der Waals surface area contributed by atoms with Gasteiger partial charge in [0.15, 0.2) is 0 Å². The molecule has 28 heavy (non-hydrogen) atoms. The first-order valence-corrected chi connectivity index (χ1v) is 10.8. The van der Waals surface area contributed by atoms with Gasteiger partial charge in [0.25, 0.3) is 5.91 Å². The molecule has 6 nitrogen and oxygen atoms in total. The van der Waals surface area contributed by atoms with Gasteiger partial charge in [0.1, 0.15) is 5.75 Å². The van der Waals surface area contributed by atoms with Gasteiger partial charge in [0.2, 0.25) is 10.0 Å². The van der Waals surface area contributed by atoms with Crippen LogP contribution < -0.4 is 10.1 Å². The summed E-state index contributed by atoms with van der Waals surface area (Å²) in [7, 11) is -2.00. The molecule has 7 heteroatoms. The largest absolute Gasteiger partial charge is 0.496 e. The summed E-state index contributed by atoms with van der Waals surface area (Å²) in [6, 6.07) is 12.5. The lowest BCUT2D eigenvalue weighted by Crippen LogP contribution is -2.46. The van der Waals surface area contributed by atoms with Gasteiger partial charge < -0.3 is 10.1 Å². The van der Waals surface area contributed by atoms with Gasteiger partial charge in [-0.2, -0.15) is 4.31 Å². The van der Waals surface area contributed by atoms with Gasteiger partial charge in [-0.3, -0.25) is 4.79 Å². The molecule has 1 aliphatic heterocycles. The summed E-state index contributed by atoms with van der Waals surface area (Å²) in [5, 5.41) is 3.00. The Morgan fingerprint density at radius 2 is 1.79 bits per heavy atom. The Hall–Kier alpha value is -2.38. The maximum absolute atomic E-state index is 13.0. The monoisotopic (exact) mass is 402 g/mol. The van der Waals surface area contributed by atoms with Crippen LogP contribution in [0.1, 0.15) is 34.3 Å². The van der Waals surface area contributed by atoms with Crippen molar-refractivity contribution < 1.29 is 17.9 Å². The van der Waals surface area contributed by atoms with Crippen molar-refractivity contribution in [1.29, 1.82) is 0 Å². The smallest absolute Gasteiger partial charge is 0.255 e. The molecule has 0 atom stereocenters. The third-order valence-electron chi connectivity index (χ3n) is 5.10. The summed E-state index contributed by atoms with van der Waals surface area (Å²) >= 11 is 0. The normalized spacial score (nSPS) is 16.0. The topological polar surface area (TPSA) is 75.7 Å². The second kappa shape index (κ2) is 8.32. The third-order valence-corrected chi connectivity index (χ3v) is 7.14. The SMILES string of the molecule is COc1ccccc1C(=O)NC1CCN(S(=O)(=O)c2cc(C)ccc2C)CC1. The number of aryl methyl sites for hydroxylation is 2. The van der Waals surface area contributed by atoms with Crippen LogP contribution in [-0.2, 0) is 10.0 Å². The summed E-state index contributed by atoms with van der Waals surface area (Å²) in [6.07, 6.45) is 1.15. The first kappa shape index (κ1) is 20.4. The van der Waals surface area contributed by atoms with Crippen molar-refractivity contribution in [2.45, 2.75) is 37.6 Å². The molecule has 1 N–H and O–H groups in total. The van der Waals surface area contributed by atoms with E-state index in [1.54, 1.807) is 24.3 Å². The standard InChI is InChI=1S/C21H26N2O4S/c1-15-8-9-16(2)20(14-15)28(25,26)23-12-10-17(11-13-23)22-21(24)18-6-4-5-7-19(18)27-3/h4-9,14,17H,10-13H2,1-3H3,(H,22,24). The molecule has 1 aliphatic rings. The number of carbonyl (C=O) groups is 1. The number of methoxy groups -OCH3 is 1. The lowest BCUT2D eigenvalue weighted by Gasteiger charge is -2.32. The van der Waals surface area contributed by atoms with Crippen LogP contribution in [0.5, 0.6) is 5.75 Å². The van der Waals surface area contributed by atoms with E-state index in [1.165, 1.54) is 11.4 Å². The van der Waals surface area contributed by atoms with Gasteiger partial charge in [0, 0.05) is 19.1 Å². The van der Waals surface area contributed by atoms with E-state index in [9.17, 15) is 13.2 Å². The van der Waals surface area contributed by atoms with E-state index < -0.39 is 10.0 Å². The molecule has 2 aromatic rings. The van der Waals surface area contributed by atoms with E-state index in [1.807, 2.05) is 32.0 Å². The highest BCUT2D eigenvalue weighted by atomic mass is 32.2. The molecule has 2 aromatic carbocycles. The predicted molar refractivity (Wildman–Crippen MR) is 108 cm³/mol. The number of hydrogen-bond acceptors (Lipinski definition) is 4. The van der Waals surface area contributed by atoms with Crippen molar-refractivity contribution in [3.8, 4) is 5.75 Å². The second-order valence-corrected chi connectivity index (χ2v) is 9.03. The van der Waals surface area contributed by atoms with Crippen molar-refractivity contribution in [2.24, 2.45) is 0 Å². The summed E-state index contributed by atoms with van der Waals surface area (Å²) in [4.78, 5) is 12.9. The molecule has 1 saturated heterocycles. The Morgan fingerprint density at radius 3 is 2.46 bits per heavy atom. The predicted octanol–water partition coefficient (Wildman–Crippen LogP) is 2.90. The average Bonchev–Trinajstić information content (AvgIpc) is 2.70. The van der Waals surface area contributed by atoms with Gasteiger partial charge in [-0.15, -0.1) is 0 Å². The first-order chi connectivity index (χ1) is 13.3. The van der Waals surface area contributed by atoms with Crippen LogP contribution in [0.25, 0.3) is 0 Å². The number of piperidine rings is 1. The lowest BCUT2D eigenvalue weighted by atomic mass is 10.1. The summed E-state index contributed by atoms with van der Waals surface area (Å²) in [5.74, 6) is 0.322. The number of hydrogen-bond donors (Lipinski definition) is 1. The van der Waals surface area contributed by atoms with Gasteiger partial charge in [0.05, 0.1) is 17.6 Å². The molecule has 0 spiro atoms. The average molecular weight is 403 g/mol. The van der Waals surface area contributed by atoms with Crippen LogP contribution in [0.4, 0.5) is 0 Å². The Kier molecular flexibility index (Phi) is 6.05. The number of carbonyl (C=O) groups excluding carboxylic acids is 1. The molecule has 0 unspecified atom stereocenters. The molecule has 0 bridgehead atoms. The zero-order valence-electron chi connectivity index (χ0n) is 16.4. The molecule has 1 amide bonds. The van der Waals surface area contributed by atoms with Crippen LogP contribution >= 0.6 is 0 Å². The zero-order chi connectivity index (χ0) is 20.3. The molecule has 150 valence electrons. The van der Waals surface area contributed by atoms with E-state index in [4.69, 9.17) is 4.74 Å². The van der Waals surface area contributed by atoms with Gasteiger partial charge in [-0.25, -0.2) is 8.42 Å². The lowest BCUT2D eigenvalue weighted by molar-refractivity contribution is 0.0921. The van der Waals surface area contributed by atoms with Gasteiger partial charge in [-0.05, 0) is 56.0 Å². The van der Waals surface area contributed by atoms with E-state index in [-0.39, 0.29) is 11.9 Å². The second-order valence-electron chi connectivity index (χ2n) is 7.12. The Labute approximate surface area is 166 Å². The number of nitrogens with one attached hydrogen (secondary N) is 1.